The lowest BCUT2D eigenvalue weighted by Crippen LogP contribution is -2.34. The van der Waals surface area contributed by atoms with E-state index in [1.165, 1.54) is 5.56 Å². The van der Waals surface area contributed by atoms with Crippen molar-refractivity contribution in [3.8, 4) is 0 Å². The molecule has 1 fully saturated rings. The number of rotatable bonds is 2. The fourth-order valence-electron chi connectivity index (χ4n) is 3.22. The minimum atomic E-state index is -0.436. The molecule has 122 valence electrons. The van der Waals surface area contributed by atoms with Crippen LogP contribution in [0.4, 0.5) is 16.2 Å². The number of amidine groups is 1. The number of carbonyl (C=O) groups excluding carboxylic acids is 1. The number of carbonyl (C=O) groups is 1. The van der Waals surface area contributed by atoms with Gasteiger partial charge in [-0.1, -0.05) is 30.3 Å². The normalized spacial score (nSPS) is 18.5. The van der Waals surface area contributed by atoms with Crippen LogP contribution in [-0.4, -0.2) is 29.5 Å². The summed E-state index contributed by atoms with van der Waals surface area (Å²) in [5.41, 5.74) is 4.02. The molecule has 2 aromatic carbocycles. The zero-order chi connectivity index (χ0) is 16.5. The number of aliphatic imine (C=N–C) groups is 1. The average Bonchev–Trinajstić information content (AvgIpc) is 2.94. The number of amides is 1. The Morgan fingerprint density at radius 2 is 2.12 bits per heavy atom. The number of fused-ring (bicyclic) bond motifs is 2. The molecule has 2 aliphatic heterocycles. The highest BCUT2D eigenvalue weighted by Crippen LogP contribution is 2.31. The number of anilines is 1. The predicted molar refractivity (Wildman–Crippen MR) is 93.6 cm³/mol. The third-order valence-corrected chi connectivity index (χ3v) is 4.37. The Morgan fingerprint density at radius 1 is 1.25 bits per heavy atom. The highest BCUT2D eigenvalue weighted by Gasteiger charge is 2.35. The summed E-state index contributed by atoms with van der Waals surface area (Å²) in [5.74, 6) is 0.855. The van der Waals surface area contributed by atoms with E-state index in [0.717, 1.165) is 42.3 Å². The third-order valence-electron chi connectivity index (χ3n) is 4.37. The van der Waals surface area contributed by atoms with Crippen LogP contribution in [-0.2, 0) is 11.3 Å². The maximum absolute atomic E-state index is 12.2. The molecule has 5 nitrogen and oxygen atoms in total. The van der Waals surface area contributed by atoms with Crippen molar-refractivity contribution < 1.29 is 9.53 Å². The van der Waals surface area contributed by atoms with E-state index in [-0.39, 0.29) is 6.10 Å². The molecule has 5 heteroatoms. The summed E-state index contributed by atoms with van der Waals surface area (Å²) in [6.45, 7) is 3.67. The number of benzene rings is 2. The van der Waals surface area contributed by atoms with Gasteiger partial charge in [0.2, 0.25) is 0 Å². The zero-order valence-corrected chi connectivity index (χ0v) is 13.5. The molecule has 2 aliphatic rings. The van der Waals surface area contributed by atoms with E-state index < -0.39 is 6.09 Å². The van der Waals surface area contributed by atoms with Crippen LogP contribution in [0, 0.1) is 6.92 Å². The number of para-hydroxylation sites is 1. The first-order chi connectivity index (χ1) is 11.7. The number of hydrogen-bond donors (Lipinski definition) is 1. The highest BCUT2D eigenvalue weighted by molar-refractivity contribution is 5.95. The topological polar surface area (TPSA) is 53.9 Å². The standard InChI is InChI=1S/C19H19N3O2/c1-13-5-4-7-15(11-13)20-19(23)24-17-9-10-22-12-14-6-2-3-8-16(14)21-18(17)22/h2-8,11,17H,9-10,12H2,1H3,(H,20,23). The Hall–Kier alpha value is -2.82. The molecule has 0 aliphatic carbocycles. The summed E-state index contributed by atoms with van der Waals surface area (Å²) in [7, 11) is 0. The van der Waals surface area contributed by atoms with Crippen LogP contribution in [0.1, 0.15) is 17.5 Å². The Kier molecular flexibility index (Phi) is 3.69. The molecule has 1 unspecified atom stereocenters. The lowest BCUT2D eigenvalue weighted by molar-refractivity contribution is 0.143. The van der Waals surface area contributed by atoms with E-state index in [1.807, 2.05) is 49.4 Å². The first-order valence-electron chi connectivity index (χ1n) is 8.15. The number of aryl methyl sites for hydroxylation is 1. The van der Waals surface area contributed by atoms with E-state index in [0.29, 0.717) is 0 Å². The van der Waals surface area contributed by atoms with Crippen molar-refractivity contribution in [3.63, 3.8) is 0 Å². The van der Waals surface area contributed by atoms with Gasteiger partial charge in [0.1, 0.15) is 5.84 Å². The van der Waals surface area contributed by atoms with E-state index >= 15 is 0 Å². The second-order valence-corrected chi connectivity index (χ2v) is 6.20. The summed E-state index contributed by atoms with van der Waals surface area (Å²) in [4.78, 5) is 19.1. The van der Waals surface area contributed by atoms with Crippen LogP contribution in [0.5, 0.6) is 0 Å². The van der Waals surface area contributed by atoms with Crippen molar-refractivity contribution in [1.29, 1.82) is 0 Å². The molecule has 2 aromatic rings. The van der Waals surface area contributed by atoms with Crippen LogP contribution in [0.15, 0.2) is 53.5 Å². The molecule has 0 saturated carbocycles. The lowest BCUT2D eigenvalue weighted by atomic mass is 10.1. The number of nitrogens with one attached hydrogen (secondary N) is 1. The SMILES string of the molecule is Cc1cccc(NC(=O)OC2CCN3Cc4ccccc4N=C23)c1. The molecule has 0 bridgehead atoms. The Morgan fingerprint density at radius 3 is 3.00 bits per heavy atom. The predicted octanol–water partition coefficient (Wildman–Crippen LogP) is 3.86. The van der Waals surface area contributed by atoms with Crippen LogP contribution < -0.4 is 5.32 Å². The van der Waals surface area contributed by atoms with Crippen LogP contribution in [0.3, 0.4) is 0 Å². The average molecular weight is 321 g/mol. The number of ether oxygens (including phenoxy) is 1. The summed E-state index contributed by atoms with van der Waals surface area (Å²) in [6.07, 6.45) is 0.0470. The lowest BCUT2D eigenvalue weighted by Gasteiger charge is -2.26. The fourth-order valence-corrected chi connectivity index (χ4v) is 3.22. The van der Waals surface area contributed by atoms with E-state index in [9.17, 15) is 4.79 Å². The van der Waals surface area contributed by atoms with Crippen LogP contribution >= 0.6 is 0 Å². The smallest absolute Gasteiger partial charge is 0.412 e. The largest absolute Gasteiger partial charge is 0.438 e. The van der Waals surface area contributed by atoms with Crippen LogP contribution in [0.2, 0.25) is 0 Å². The minimum absolute atomic E-state index is 0.289. The van der Waals surface area contributed by atoms with Crippen LogP contribution in [0.25, 0.3) is 0 Å². The van der Waals surface area contributed by atoms with Gasteiger partial charge in [0.15, 0.2) is 6.10 Å². The second-order valence-electron chi connectivity index (χ2n) is 6.20. The molecule has 24 heavy (non-hydrogen) atoms. The van der Waals surface area contributed by atoms with Crippen molar-refractivity contribution in [2.24, 2.45) is 4.99 Å². The zero-order valence-electron chi connectivity index (χ0n) is 13.5. The van der Waals surface area contributed by atoms with Gasteiger partial charge in [-0.2, -0.15) is 0 Å². The number of hydrogen-bond acceptors (Lipinski definition) is 4. The minimum Gasteiger partial charge on any atom is -0.438 e. The van der Waals surface area contributed by atoms with Gasteiger partial charge in [0.25, 0.3) is 0 Å². The van der Waals surface area contributed by atoms with Crippen molar-refractivity contribution in [1.82, 2.24) is 4.90 Å². The maximum atomic E-state index is 12.2. The first-order valence-corrected chi connectivity index (χ1v) is 8.15. The van der Waals surface area contributed by atoms with E-state index in [1.54, 1.807) is 0 Å². The van der Waals surface area contributed by atoms with Crippen molar-refractivity contribution in [2.75, 3.05) is 11.9 Å². The molecule has 0 spiro atoms. The molecule has 1 atom stereocenters. The molecular weight excluding hydrogens is 302 g/mol. The maximum Gasteiger partial charge on any atom is 0.412 e. The first kappa shape index (κ1) is 14.8. The molecule has 1 saturated heterocycles. The monoisotopic (exact) mass is 321 g/mol. The molecule has 4 rings (SSSR count). The van der Waals surface area contributed by atoms with Gasteiger partial charge < -0.3 is 9.64 Å². The fraction of sp³-hybridized carbons (Fsp3) is 0.263. The van der Waals surface area contributed by atoms with Gasteiger partial charge in [0, 0.05) is 25.2 Å². The van der Waals surface area contributed by atoms with E-state index in [4.69, 9.17) is 9.73 Å². The molecule has 1 N–H and O–H groups in total. The Balaban J connectivity index is 1.47. The molecule has 0 aromatic heterocycles. The second kappa shape index (κ2) is 6.00. The van der Waals surface area contributed by atoms with Crippen molar-refractivity contribution in [2.45, 2.75) is 26.0 Å². The third kappa shape index (κ3) is 2.85. The van der Waals surface area contributed by atoms with Crippen molar-refractivity contribution in [3.05, 3.63) is 59.7 Å². The molecule has 2 heterocycles. The highest BCUT2D eigenvalue weighted by atomic mass is 16.6. The van der Waals surface area contributed by atoms with E-state index in [2.05, 4.69) is 16.3 Å². The van der Waals surface area contributed by atoms with Gasteiger partial charge in [-0.25, -0.2) is 9.79 Å². The Bertz CT molecular complexity index is 816. The van der Waals surface area contributed by atoms with Crippen molar-refractivity contribution >= 4 is 23.3 Å². The molecular formula is C19H19N3O2. The van der Waals surface area contributed by atoms with Gasteiger partial charge in [0.05, 0.1) is 5.69 Å². The van der Waals surface area contributed by atoms with Gasteiger partial charge in [-0.15, -0.1) is 0 Å². The van der Waals surface area contributed by atoms with Gasteiger partial charge >= 0.3 is 6.09 Å². The Labute approximate surface area is 141 Å². The summed E-state index contributed by atoms with van der Waals surface area (Å²) in [6, 6.07) is 15.8. The quantitative estimate of drug-likeness (QED) is 0.914. The summed E-state index contributed by atoms with van der Waals surface area (Å²) < 4.78 is 5.62. The summed E-state index contributed by atoms with van der Waals surface area (Å²) >= 11 is 0. The van der Waals surface area contributed by atoms with Gasteiger partial charge in [-0.05, 0) is 36.2 Å². The van der Waals surface area contributed by atoms with Gasteiger partial charge in [-0.3, -0.25) is 5.32 Å². The molecule has 1 amide bonds. The molecule has 0 radical (unpaired) electrons. The summed E-state index contributed by atoms with van der Waals surface area (Å²) in [5, 5.41) is 2.79. The number of nitrogens with zero attached hydrogens (tertiary/aromatic N) is 2.